The summed E-state index contributed by atoms with van der Waals surface area (Å²) in [4.78, 5) is 0. The molecule has 3 rings (SSSR count). The van der Waals surface area contributed by atoms with Crippen LogP contribution in [-0.2, 0) is 0 Å². The Bertz CT molecular complexity index is 703. The van der Waals surface area contributed by atoms with Gasteiger partial charge in [0.15, 0.2) is 0 Å². The molecule has 0 unspecified atom stereocenters. The maximum atomic E-state index is 3.78. The maximum absolute atomic E-state index is 3.78. The minimum absolute atomic E-state index is 0.367. The Morgan fingerprint density at radius 2 is 1.68 bits per heavy atom. The van der Waals surface area contributed by atoms with Crippen LogP contribution in [0.2, 0.25) is 0 Å². The molecule has 2 atom stereocenters. The first kappa shape index (κ1) is 15.0. The SMILES string of the molecule is Cc1ccc(N[C@@H]2C[C@H](C)Nc3c(C)cc(C)cc32)c(C)c1. The van der Waals surface area contributed by atoms with Gasteiger partial charge >= 0.3 is 0 Å². The van der Waals surface area contributed by atoms with Gasteiger partial charge in [-0.2, -0.15) is 0 Å². The molecule has 0 aliphatic carbocycles. The quantitative estimate of drug-likeness (QED) is 0.787. The summed E-state index contributed by atoms with van der Waals surface area (Å²) in [6.07, 6.45) is 1.10. The zero-order chi connectivity index (χ0) is 15.9. The summed E-state index contributed by atoms with van der Waals surface area (Å²) >= 11 is 0. The van der Waals surface area contributed by atoms with Crippen molar-refractivity contribution in [1.29, 1.82) is 0 Å². The van der Waals surface area contributed by atoms with Gasteiger partial charge in [0.2, 0.25) is 0 Å². The standard InChI is InChI=1S/C20H26N2/c1-12-6-7-18(14(3)8-12)22-19-11-16(5)21-20-15(4)9-13(2)10-17(19)20/h6-10,16,19,21-22H,11H2,1-5H3/t16-,19+/m0/s1. The topological polar surface area (TPSA) is 24.1 Å². The normalized spacial score (nSPS) is 20.2. The van der Waals surface area contributed by atoms with Gasteiger partial charge in [-0.3, -0.25) is 0 Å². The molecule has 2 aromatic rings. The fraction of sp³-hybridized carbons (Fsp3) is 0.400. The van der Waals surface area contributed by atoms with Crippen molar-refractivity contribution < 1.29 is 0 Å². The van der Waals surface area contributed by atoms with Crippen LogP contribution in [0.1, 0.15) is 47.2 Å². The molecule has 116 valence electrons. The maximum Gasteiger partial charge on any atom is 0.0553 e. The first-order valence-electron chi connectivity index (χ1n) is 8.15. The summed E-state index contributed by atoms with van der Waals surface area (Å²) in [5.41, 5.74) is 9.26. The molecule has 1 heterocycles. The third kappa shape index (κ3) is 2.83. The predicted octanol–water partition coefficient (Wildman–Crippen LogP) is 5.28. The molecule has 0 spiro atoms. The van der Waals surface area contributed by atoms with E-state index in [4.69, 9.17) is 0 Å². The molecule has 0 fully saturated rings. The predicted molar refractivity (Wildman–Crippen MR) is 95.9 cm³/mol. The fourth-order valence-electron chi connectivity index (χ4n) is 3.56. The Morgan fingerprint density at radius 1 is 0.955 bits per heavy atom. The Balaban J connectivity index is 1.98. The number of hydrogen-bond donors (Lipinski definition) is 2. The number of rotatable bonds is 2. The highest BCUT2D eigenvalue weighted by Crippen LogP contribution is 2.38. The molecule has 0 amide bonds. The van der Waals surface area contributed by atoms with Crippen molar-refractivity contribution >= 4 is 11.4 Å². The van der Waals surface area contributed by atoms with E-state index in [1.165, 1.54) is 39.2 Å². The van der Waals surface area contributed by atoms with Gasteiger partial charge in [-0.15, -0.1) is 0 Å². The van der Waals surface area contributed by atoms with Crippen LogP contribution in [0.25, 0.3) is 0 Å². The molecule has 0 radical (unpaired) electrons. The summed E-state index contributed by atoms with van der Waals surface area (Å²) in [5.74, 6) is 0. The average molecular weight is 294 g/mol. The molecule has 2 heteroatoms. The minimum atomic E-state index is 0.367. The lowest BCUT2D eigenvalue weighted by Gasteiger charge is -2.34. The van der Waals surface area contributed by atoms with Crippen molar-refractivity contribution in [1.82, 2.24) is 0 Å². The highest BCUT2D eigenvalue weighted by Gasteiger charge is 2.25. The van der Waals surface area contributed by atoms with Crippen LogP contribution in [0.5, 0.6) is 0 Å². The summed E-state index contributed by atoms with van der Waals surface area (Å²) < 4.78 is 0. The van der Waals surface area contributed by atoms with Gasteiger partial charge in [0, 0.05) is 17.4 Å². The third-order valence-electron chi connectivity index (χ3n) is 4.58. The van der Waals surface area contributed by atoms with Gasteiger partial charge in [-0.05, 0) is 63.8 Å². The van der Waals surface area contributed by atoms with Crippen LogP contribution in [-0.4, -0.2) is 6.04 Å². The first-order chi connectivity index (χ1) is 10.4. The van der Waals surface area contributed by atoms with Crippen molar-refractivity contribution in [3.05, 3.63) is 58.1 Å². The van der Waals surface area contributed by atoms with Crippen molar-refractivity contribution in [3.8, 4) is 0 Å². The zero-order valence-corrected chi connectivity index (χ0v) is 14.2. The lowest BCUT2D eigenvalue weighted by molar-refractivity contribution is 0.598. The number of fused-ring (bicyclic) bond motifs is 1. The lowest BCUT2D eigenvalue weighted by Crippen LogP contribution is -2.29. The number of hydrogen-bond acceptors (Lipinski definition) is 2. The van der Waals surface area contributed by atoms with Crippen LogP contribution < -0.4 is 10.6 Å². The smallest absolute Gasteiger partial charge is 0.0553 e. The fourth-order valence-corrected chi connectivity index (χ4v) is 3.56. The van der Waals surface area contributed by atoms with E-state index in [2.05, 4.69) is 75.6 Å². The van der Waals surface area contributed by atoms with Gasteiger partial charge in [0.05, 0.1) is 6.04 Å². The monoisotopic (exact) mass is 294 g/mol. The highest BCUT2D eigenvalue weighted by atomic mass is 15.0. The van der Waals surface area contributed by atoms with Crippen LogP contribution >= 0.6 is 0 Å². The zero-order valence-electron chi connectivity index (χ0n) is 14.2. The molecule has 2 nitrogen and oxygen atoms in total. The first-order valence-corrected chi connectivity index (χ1v) is 8.15. The van der Waals surface area contributed by atoms with E-state index in [1.807, 2.05) is 0 Å². The van der Waals surface area contributed by atoms with Crippen LogP contribution in [0.4, 0.5) is 11.4 Å². The molecule has 1 aliphatic heterocycles. The summed E-state index contributed by atoms with van der Waals surface area (Å²) in [5, 5.41) is 7.43. The molecule has 1 aliphatic rings. The second-order valence-electron chi connectivity index (χ2n) is 6.84. The Kier molecular flexibility index (Phi) is 3.86. The van der Waals surface area contributed by atoms with E-state index in [-0.39, 0.29) is 0 Å². The summed E-state index contributed by atoms with van der Waals surface area (Å²) in [6, 6.07) is 12.1. The van der Waals surface area contributed by atoms with Gasteiger partial charge < -0.3 is 10.6 Å². The molecule has 2 aromatic carbocycles. The van der Waals surface area contributed by atoms with E-state index in [0.29, 0.717) is 12.1 Å². The van der Waals surface area contributed by atoms with E-state index >= 15 is 0 Å². The molecule has 22 heavy (non-hydrogen) atoms. The molecule has 0 saturated heterocycles. The van der Waals surface area contributed by atoms with Gasteiger partial charge in [-0.1, -0.05) is 35.4 Å². The van der Waals surface area contributed by atoms with Crippen LogP contribution in [0, 0.1) is 27.7 Å². The number of benzene rings is 2. The van der Waals surface area contributed by atoms with E-state index in [1.54, 1.807) is 0 Å². The van der Waals surface area contributed by atoms with E-state index in [9.17, 15) is 0 Å². The second kappa shape index (κ2) is 5.68. The molecule has 0 saturated carbocycles. The largest absolute Gasteiger partial charge is 0.382 e. The number of anilines is 2. The lowest BCUT2D eigenvalue weighted by atomic mass is 9.89. The second-order valence-corrected chi connectivity index (χ2v) is 6.84. The van der Waals surface area contributed by atoms with Gasteiger partial charge in [0.1, 0.15) is 0 Å². The molecular weight excluding hydrogens is 268 g/mol. The molecule has 0 aromatic heterocycles. The third-order valence-corrected chi connectivity index (χ3v) is 4.58. The summed E-state index contributed by atoms with van der Waals surface area (Å²) in [6.45, 7) is 11.0. The van der Waals surface area contributed by atoms with Crippen molar-refractivity contribution in [2.45, 2.75) is 53.1 Å². The minimum Gasteiger partial charge on any atom is -0.382 e. The van der Waals surface area contributed by atoms with Crippen LogP contribution in [0.15, 0.2) is 30.3 Å². The van der Waals surface area contributed by atoms with Gasteiger partial charge in [-0.25, -0.2) is 0 Å². The number of aryl methyl sites for hydroxylation is 4. The Labute approximate surface area is 134 Å². The highest BCUT2D eigenvalue weighted by molar-refractivity contribution is 5.64. The van der Waals surface area contributed by atoms with Crippen molar-refractivity contribution in [3.63, 3.8) is 0 Å². The average Bonchev–Trinajstić information content (AvgIpc) is 2.43. The van der Waals surface area contributed by atoms with E-state index in [0.717, 1.165) is 6.42 Å². The van der Waals surface area contributed by atoms with Crippen molar-refractivity contribution in [2.75, 3.05) is 10.6 Å². The van der Waals surface area contributed by atoms with Gasteiger partial charge in [0.25, 0.3) is 0 Å². The molecular formula is C20H26N2. The Morgan fingerprint density at radius 3 is 2.41 bits per heavy atom. The number of nitrogens with one attached hydrogen (secondary N) is 2. The molecule has 2 N–H and O–H groups in total. The Hall–Kier alpha value is -1.96. The van der Waals surface area contributed by atoms with Crippen LogP contribution in [0.3, 0.4) is 0 Å². The van der Waals surface area contributed by atoms with E-state index < -0.39 is 0 Å². The van der Waals surface area contributed by atoms with Crippen molar-refractivity contribution in [2.24, 2.45) is 0 Å². The summed E-state index contributed by atoms with van der Waals surface area (Å²) in [7, 11) is 0. The molecule has 0 bridgehead atoms.